The summed E-state index contributed by atoms with van der Waals surface area (Å²) in [6.45, 7) is 1.88. The van der Waals surface area contributed by atoms with Crippen LogP contribution in [0.2, 0.25) is 5.02 Å². The van der Waals surface area contributed by atoms with E-state index in [0.717, 1.165) is 23.8 Å². The van der Waals surface area contributed by atoms with Gasteiger partial charge in [0.05, 0.1) is 11.3 Å². The number of amides is 2. The molecule has 0 bridgehead atoms. The first-order chi connectivity index (χ1) is 19.9. The van der Waals surface area contributed by atoms with Gasteiger partial charge in [0.1, 0.15) is 17.7 Å². The molecule has 0 fully saturated rings. The highest BCUT2D eigenvalue weighted by atomic mass is 35.5. The number of urea groups is 1. The van der Waals surface area contributed by atoms with Crippen molar-refractivity contribution in [2.75, 3.05) is 10.6 Å². The summed E-state index contributed by atoms with van der Waals surface area (Å²) in [4.78, 5) is 24.8. The van der Waals surface area contributed by atoms with Crippen molar-refractivity contribution in [2.24, 2.45) is 0 Å². The second kappa shape index (κ2) is 12.9. The topological polar surface area (TPSA) is 87.7 Å². The molecule has 11 heteroatoms. The van der Waals surface area contributed by atoms with Crippen molar-refractivity contribution in [2.45, 2.75) is 32.0 Å². The van der Waals surface area contributed by atoms with Crippen molar-refractivity contribution in [1.82, 2.24) is 0 Å². The molecule has 0 radical (unpaired) electrons. The van der Waals surface area contributed by atoms with Crippen LogP contribution in [0.5, 0.6) is 5.75 Å². The molecule has 0 heterocycles. The first-order valence-electron chi connectivity index (χ1n) is 12.7. The third-order valence-corrected chi connectivity index (χ3v) is 6.62. The smallest absolute Gasteiger partial charge is 0.389 e. The summed E-state index contributed by atoms with van der Waals surface area (Å²) in [6, 6.07) is 19.8. The van der Waals surface area contributed by atoms with E-state index in [2.05, 4.69) is 10.6 Å². The molecule has 42 heavy (non-hydrogen) atoms. The van der Waals surface area contributed by atoms with Crippen molar-refractivity contribution >= 4 is 35.0 Å². The van der Waals surface area contributed by atoms with Crippen LogP contribution in [0.4, 0.5) is 33.7 Å². The van der Waals surface area contributed by atoms with Crippen LogP contribution in [0.25, 0.3) is 11.1 Å². The highest BCUT2D eigenvalue weighted by molar-refractivity contribution is 6.31. The van der Waals surface area contributed by atoms with Gasteiger partial charge >= 0.3 is 18.2 Å². The second-order valence-electron chi connectivity index (χ2n) is 9.43. The van der Waals surface area contributed by atoms with E-state index < -0.39 is 42.9 Å². The molecule has 4 rings (SSSR count). The number of halogens is 5. The number of carboxylic acid groups (broad SMARTS) is 1. The van der Waals surface area contributed by atoms with Crippen molar-refractivity contribution in [3.8, 4) is 16.9 Å². The number of anilines is 2. The van der Waals surface area contributed by atoms with Crippen molar-refractivity contribution < 1.29 is 37.0 Å². The maximum absolute atomic E-state index is 14.1. The van der Waals surface area contributed by atoms with Gasteiger partial charge in [-0.15, -0.1) is 0 Å². The predicted octanol–water partition coefficient (Wildman–Crippen LogP) is 9.26. The Morgan fingerprint density at radius 2 is 1.67 bits per heavy atom. The number of benzene rings is 4. The van der Waals surface area contributed by atoms with E-state index in [1.54, 1.807) is 42.5 Å². The average Bonchev–Trinajstić information content (AvgIpc) is 2.92. The quantitative estimate of drug-likeness (QED) is 0.167. The largest absolute Gasteiger partial charge is 0.483 e. The molecular formula is C31H25ClF4N2O4. The van der Waals surface area contributed by atoms with Gasteiger partial charge in [-0.2, -0.15) is 13.2 Å². The van der Waals surface area contributed by atoms with Crippen LogP contribution in [0.1, 0.15) is 40.4 Å². The van der Waals surface area contributed by atoms with Gasteiger partial charge in [-0.05, 0) is 73.0 Å². The number of ether oxygens (including phenoxy) is 1. The minimum absolute atomic E-state index is 0.00164. The van der Waals surface area contributed by atoms with Crippen LogP contribution in [-0.2, 0) is 0 Å². The fourth-order valence-electron chi connectivity index (χ4n) is 4.22. The second-order valence-corrected chi connectivity index (χ2v) is 9.84. The predicted molar refractivity (Wildman–Crippen MR) is 153 cm³/mol. The lowest BCUT2D eigenvalue weighted by molar-refractivity contribution is -0.139. The summed E-state index contributed by atoms with van der Waals surface area (Å²) in [5.41, 5.74) is 1.79. The molecule has 0 aliphatic carbocycles. The van der Waals surface area contributed by atoms with Crippen molar-refractivity contribution in [3.63, 3.8) is 0 Å². The molecule has 6 nitrogen and oxygen atoms in total. The highest BCUT2D eigenvalue weighted by Gasteiger charge is 2.30. The minimum Gasteiger partial charge on any atom is -0.483 e. The number of nitrogens with one attached hydrogen (secondary N) is 2. The van der Waals surface area contributed by atoms with E-state index >= 15 is 0 Å². The SMILES string of the molecule is Cc1ccc(NC(=O)Nc2cc(-c3cc(F)ccc3C(=O)O)ccc2OC(CCC(F)(F)F)c2ccccc2Cl)cc1. The number of rotatable bonds is 9. The maximum atomic E-state index is 14.1. The Balaban J connectivity index is 1.75. The molecule has 1 unspecified atom stereocenters. The molecule has 218 valence electrons. The third kappa shape index (κ3) is 8.01. The molecule has 0 aromatic heterocycles. The third-order valence-electron chi connectivity index (χ3n) is 6.27. The van der Waals surface area contributed by atoms with Crippen LogP contribution < -0.4 is 15.4 Å². The van der Waals surface area contributed by atoms with Crippen LogP contribution in [0.3, 0.4) is 0 Å². The Morgan fingerprint density at radius 1 is 0.952 bits per heavy atom. The zero-order chi connectivity index (χ0) is 30.4. The molecule has 0 aliphatic rings. The van der Waals surface area contributed by atoms with E-state index in [1.807, 2.05) is 6.92 Å². The molecule has 0 saturated carbocycles. The van der Waals surface area contributed by atoms with Gasteiger partial charge in [0.15, 0.2) is 0 Å². The van der Waals surface area contributed by atoms with Crippen molar-refractivity contribution in [3.05, 3.63) is 112 Å². The Hall–Kier alpha value is -4.57. The van der Waals surface area contributed by atoms with Crippen LogP contribution in [-0.4, -0.2) is 23.3 Å². The zero-order valence-corrected chi connectivity index (χ0v) is 22.9. The number of carbonyl (C=O) groups is 2. The molecule has 4 aromatic carbocycles. The van der Waals surface area contributed by atoms with E-state index in [-0.39, 0.29) is 33.1 Å². The average molecular weight is 601 g/mol. The number of alkyl halides is 3. The standard InChI is InChI=1S/C31H25ClF4N2O4/c1-18-6-10-21(11-7-18)37-30(41)38-26-16-19(24-17-20(33)9-12-22(24)29(39)40)8-13-28(26)42-27(14-15-31(34,35)36)23-4-2-3-5-25(23)32/h2-13,16-17,27H,14-15H2,1H3,(H,39,40)(H2,37,38,41). The molecule has 3 N–H and O–H groups in total. The lowest BCUT2D eigenvalue weighted by atomic mass is 9.98. The summed E-state index contributed by atoms with van der Waals surface area (Å²) in [5, 5.41) is 15.1. The Bertz CT molecular complexity index is 1590. The van der Waals surface area contributed by atoms with Gasteiger partial charge < -0.3 is 20.5 Å². The summed E-state index contributed by atoms with van der Waals surface area (Å²) in [5.74, 6) is -2.01. The van der Waals surface area contributed by atoms with E-state index in [4.69, 9.17) is 16.3 Å². The van der Waals surface area contributed by atoms with Gasteiger partial charge in [-0.25, -0.2) is 14.0 Å². The number of aryl methyl sites for hydroxylation is 1. The fourth-order valence-corrected chi connectivity index (χ4v) is 4.48. The van der Waals surface area contributed by atoms with Crippen molar-refractivity contribution in [1.29, 1.82) is 0 Å². The van der Waals surface area contributed by atoms with E-state index in [0.29, 0.717) is 11.3 Å². The van der Waals surface area contributed by atoms with Crippen LogP contribution >= 0.6 is 11.6 Å². The van der Waals surface area contributed by atoms with Gasteiger partial charge in [0.2, 0.25) is 0 Å². The fraction of sp³-hybridized carbons (Fsp3) is 0.161. The summed E-state index contributed by atoms with van der Waals surface area (Å²) < 4.78 is 59.8. The Kier molecular flexibility index (Phi) is 9.37. The first-order valence-corrected chi connectivity index (χ1v) is 13.1. The molecular weight excluding hydrogens is 576 g/mol. The summed E-state index contributed by atoms with van der Waals surface area (Å²) in [6.07, 6.45) is -7.26. The number of aromatic carboxylic acids is 1. The Morgan fingerprint density at radius 3 is 2.33 bits per heavy atom. The molecule has 4 aromatic rings. The number of carboxylic acids is 1. The lowest BCUT2D eigenvalue weighted by Gasteiger charge is -2.23. The van der Waals surface area contributed by atoms with Gasteiger partial charge in [-0.3, -0.25) is 0 Å². The summed E-state index contributed by atoms with van der Waals surface area (Å²) in [7, 11) is 0. The minimum atomic E-state index is -4.47. The van der Waals surface area contributed by atoms with Crippen LogP contribution in [0, 0.1) is 12.7 Å². The maximum Gasteiger partial charge on any atom is 0.389 e. The zero-order valence-electron chi connectivity index (χ0n) is 22.1. The molecule has 2 amide bonds. The highest BCUT2D eigenvalue weighted by Crippen LogP contribution is 2.39. The van der Waals surface area contributed by atoms with E-state index in [9.17, 15) is 32.3 Å². The number of carbonyl (C=O) groups excluding carboxylic acids is 1. The molecule has 0 saturated heterocycles. The normalized spacial score (nSPS) is 12.0. The van der Waals surface area contributed by atoms with Gasteiger partial charge in [-0.1, -0.05) is 53.6 Å². The molecule has 1 atom stereocenters. The van der Waals surface area contributed by atoms with Gasteiger partial charge in [0.25, 0.3) is 0 Å². The number of hydrogen-bond acceptors (Lipinski definition) is 3. The number of hydrogen-bond donors (Lipinski definition) is 3. The first kappa shape index (κ1) is 30.4. The Labute approximate surface area is 243 Å². The monoisotopic (exact) mass is 600 g/mol. The van der Waals surface area contributed by atoms with Gasteiger partial charge in [0, 0.05) is 22.7 Å². The lowest BCUT2D eigenvalue weighted by Crippen LogP contribution is -2.21. The van der Waals surface area contributed by atoms with E-state index in [1.165, 1.54) is 24.3 Å². The van der Waals surface area contributed by atoms with Crippen LogP contribution in [0.15, 0.2) is 84.9 Å². The molecule has 0 aliphatic heterocycles. The molecule has 0 spiro atoms. The summed E-state index contributed by atoms with van der Waals surface area (Å²) >= 11 is 6.30.